The number of carbonyl (C=O) groups excluding carboxylic acids is 1. The van der Waals surface area contributed by atoms with Crippen molar-refractivity contribution in [1.29, 1.82) is 0 Å². The first kappa shape index (κ1) is 13.8. The molecule has 1 aliphatic rings. The second kappa shape index (κ2) is 5.19. The van der Waals surface area contributed by atoms with Crippen LogP contribution in [0.1, 0.15) is 30.9 Å². The Bertz CT molecular complexity index is 472. The van der Waals surface area contributed by atoms with Crippen LogP contribution in [0.5, 0.6) is 0 Å². The molecule has 0 saturated carbocycles. The van der Waals surface area contributed by atoms with Gasteiger partial charge in [0, 0.05) is 6.54 Å². The van der Waals surface area contributed by atoms with E-state index in [4.69, 9.17) is 0 Å². The number of likely N-dealkylation sites (tertiary alicyclic amines) is 1. The molecule has 19 heavy (non-hydrogen) atoms. The van der Waals surface area contributed by atoms with Gasteiger partial charge in [0.15, 0.2) is 0 Å². The number of hydrogen-bond acceptors (Lipinski definition) is 1. The molecule has 1 fully saturated rings. The predicted molar refractivity (Wildman–Crippen MR) is 60.8 cm³/mol. The third kappa shape index (κ3) is 3.45. The Morgan fingerprint density at radius 1 is 1.37 bits per heavy atom. The SMILES string of the molecule is O=C(CC(F)(F)F)N1CCCC1c1cccc(F)c1. The molecule has 0 N–H and O–H groups in total. The van der Waals surface area contributed by atoms with Gasteiger partial charge in [-0.05, 0) is 30.5 Å². The first-order chi connectivity index (χ1) is 8.87. The monoisotopic (exact) mass is 275 g/mol. The Balaban J connectivity index is 2.15. The van der Waals surface area contributed by atoms with Gasteiger partial charge in [-0.1, -0.05) is 12.1 Å². The lowest BCUT2D eigenvalue weighted by atomic mass is 10.0. The molecular formula is C13H13F4NO. The lowest BCUT2D eigenvalue weighted by Gasteiger charge is -2.25. The van der Waals surface area contributed by atoms with Crippen molar-refractivity contribution in [1.82, 2.24) is 4.90 Å². The largest absolute Gasteiger partial charge is 0.397 e. The summed E-state index contributed by atoms with van der Waals surface area (Å²) < 4.78 is 49.9. The van der Waals surface area contributed by atoms with Crippen LogP contribution in [0, 0.1) is 5.82 Å². The fourth-order valence-electron chi connectivity index (χ4n) is 2.40. The van der Waals surface area contributed by atoms with E-state index in [-0.39, 0.29) is 6.54 Å². The van der Waals surface area contributed by atoms with Crippen molar-refractivity contribution in [3.05, 3.63) is 35.6 Å². The molecule has 0 aromatic heterocycles. The highest BCUT2D eigenvalue weighted by molar-refractivity contribution is 5.77. The van der Waals surface area contributed by atoms with Crippen molar-refractivity contribution in [2.45, 2.75) is 31.5 Å². The number of nitrogens with zero attached hydrogens (tertiary/aromatic N) is 1. The third-order valence-electron chi connectivity index (χ3n) is 3.16. The zero-order chi connectivity index (χ0) is 14.0. The van der Waals surface area contributed by atoms with Gasteiger partial charge in [0.1, 0.15) is 12.2 Å². The minimum atomic E-state index is -4.51. The minimum Gasteiger partial charge on any atom is -0.335 e. The number of carbonyl (C=O) groups is 1. The highest BCUT2D eigenvalue weighted by Gasteiger charge is 2.37. The summed E-state index contributed by atoms with van der Waals surface area (Å²) in [5.41, 5.74) is 0.549. The highest BCUT2D eigenvalue weighted by Crippen LogP contribution is 2.34. The fourth-order valence-corrected chi connectivity index (χ4v) is 2.40. The summed E-state index contributed by atoms with van der Waals surface area (Å²) in [6.07, 6.45) is -4.77. The van der Waals surface area contributed by atoms with Crippen LogP contribution < -0.4 is 0 Å². The zero-order valence-electron chi connectivity index (χ0n) is 10.1. The standard InChI is InChI=1S/C13H13F4NO/c14-10-4-1-3-9(7-10)11-5-2-6-18(11)12(19)8-13(15,16)17/h1,3-4,7,11H,2,5-6,8H2. The predicted octanol–water partition coefficient (Wildman–Crippen LogP) is 3.44. The lowest BCUT2D eigenvalue weighted by Crippen LogP contribution is -2.33. The molecule has 0 spiro atoms. The maximum atomic E-state index is 13.1. The molecule has 1 amide bonds. The van der Waals surface area contributed by atoms with E-state index < -0.39 is 30.4 Å². The van der Waals surface area contributed by atoms with E-state index in [1.165, 1.54) is 23.1 Å². The van der Waals surface area contributed by atoms with E-state index in [9.17, 15) is 22.4 Å². The molecule has 6 heteroatoms. The van der Waals surface area contributed by atoms with Crippen LogP contribution in [0.25, 0.3) is 0 Å². The summed E-state index contributed by atoms with van der Waals surface area (Å²) in [6.45, 7) is 0.288. The third-order valence-corrected chi connectivity index (χ3v) is 3.16. The van der Waals surface area contributed by atoms with Gasteiger partial charge in [-0.25, -0.2) is 4.39 Å². The van der Waals surface area contributed by atoms with Gasteiger partial charge in [0.25, 0.3) is 0 Å². The van der Waals surface area contributed by atoms with Gasteiger partial charge in [-0.3, -0.25) is 4.79 Å². The van der Waals surface area contributed by atoms with Crippen molar-refractivity contribution < 1.29 is 22.4 Å². The maximum absolute atomic E-state index is 13.1. The summed E-state index contributed by atoms with van der Waals surface area (Å²) in [4.78, 5) is 12.8. The van der Waals surface area contributed by atoms with E-state index in [1.54, 1.807) is 6.07 Å². The van der Waals surface area contributed by atoms with Crippen molar-refractivity contribution >= 4 is 5.91 Å². The number of benzene rings is 1. The average molecular weight is 275 g/mol. The van der Waals surface area contributed by atoms with E-state index in [0.29, 0.717) is 18.4 Å². The van der Waals surface area contributed by atoms with Crippen molar-refractivity contribution in [3.8, 4) is 0 Å². The van der Waals surface area contributed by atoms with Gasteiger partial charge >= 0.3 is 6.18 Å². The van der Waals surface area contributed by atoms with Gasteiger partial charge in [0.2, 0.25) is 5.91 Å². The van der Waals surface area contributed by atoms with Crippen LogP contribution in [0.3, 0.4) is 0 Å². The molecule has 1 atom stereocenters. The molecule has 2 nitrogen and oxygen atoms in total. The second-order valence-corrected chi connectivity index (χ2v) is 4.59. The van der Waals surface area contributed by atoms with Crippen molar-refractivity contribution in [2.24, 2.45) is 0 Å². The van der Waals surface area contributed by atoms with E-state index in [2.05, 4.69) is 0 Å². The Kier molecular flexibility index (Phi) is 3.78. The Labute approximate surface area is 108 Å². The molecule has 1 aromatic rings. The summed E-state index contributed by atoms with van der Waals surface area (Å²) in [5.74, 6) is -1.40. The molecule has 0 bridgehead atoms. The number of rotatable bonds is 2. The van der Waals surface area contributed by atoms with Crippen molar-refractivity contribution in [2.75, 3.05) is 6.54 Å². The van der Waals surface area contributed by atoms with Gasteiger partial charge in [-0.15, -0.1) is 0 Å². The summed E-state index contributed by atoms with van der Waals surface area (Å²) in [7, 11) is 0. The summed E-state index contributed by atoms with van der Waals surface area (Å²) in [5, 5.41) is 0. The molecule has 0 radical (unpaired) electrons. The number of halogens is 4. The second-order valence-electron chi connectivity index (χ2n) is 4.59. The van der Waals surface area contributed by atoms with Crippen LogP contribution in [0.15, 0.2) is 24.3 Å². The molecule has 1 unspecified atom stereocenters. The Morgan fingerprint density at radius 3 is 2.74 bits per heavy atom. The summed E-state index contributed by atoms with van der Waals surface area (Å²) >= 11 is 0. The Hall–Kier alpha value is -1.59. The van der Waals surface area contributed by atoms with E-state index in [1.807, 2.05) is 0 Å². The minimum absolute atomic E-state index is 0.288. The molecule has 1 saturated heterocycles. The van der Waals surface area contributed by atoms with Gasteiger partial charge in [-0.2, -0.15) is 13.2 Å². The molecule has 0 aliphatic carbocycles. The number of alkyl halides is 3. The van der Waals surface area contributed by atoms with Crippen LogP contribution in [0.2, 0.25) is 0 Å². The maximum Gasteiger partial charge on any atom is 0.397 e. The smallest absolute Gasteiger partial charge is 0.335 e. The first-order valence-electron chi connectivity index (χ1n) is 5.98. The Morgan fingerprint density at radius 2 is 2.11 bits per heavy atom. The molecular weight excluding hydrogens is 262 g/mol. The molecule has 1 aliphatic heterocycles. The summed E-state index contributed by atoms with van der Waals surface area (Å²) in [6, 6.07) is 5.21. The molecule has 104 valence electrons. The first-order valence-corrected chi connectivity index (χ1v) is 5.98. The molecule has 1 heterocycles. The van der Waals surface area contributed by atoms with Gasteiger partial charge in [0.05, 0.1) is 6.04 Å². The van der Waals surface area contributed by atoms with E-state index in [0.717, 1.165) is 0 Å². The quantitative estimate of drug-likeness (QED) is 0.757. The van der Waals surface area contributed by atoms with Crippen LogP contribution in [-0.4, -0.2) is 23.5 Å². The topological polar surface area (TPSA) is 20.3 Å². The number of amides is 1. The number of hydrogen-bond donors (Lipinski definition) is 0. The van der Waals surface area contributed by atoms with Crippen LogP contribution >= 0.6 is 0 Å². The van der Waals surface area contributed by atoms with E-state index >= 15 is 0 Å². The average Bonchev–Trinajstić information content (AvgIpc) is 2.75. The lowest BCUT2D eigenvalue weighted by molar-refractivity contribution is -0.162. The highest BCUT2D eigenvalue weighted by atomic mass is 19.4. The molecule has 1 aromatic carbocycles. The zero-order valence-corrected chi connectivity index (χ0v) is 10.1. The normalized spacial score (nSPS) is 19.8. The molecule has 2 rings (SSSR count). The van der Waals surface area contributed by atoms with Crippen LogP contribution in [0.4, 0.5) is 17.6 Å². The van der Waals surface area contributed by atoms with Crippen molar-refractivity contribution in [3.63, 3.8) is 0 Å². The van der Waals surface area contributed by atoms with Crippen LogP contribution in [-0.2, 0) is 4.79 Å². The fraction of sp³-hybridized carbons (Fsp3) is 0.462. The van der Waals surface area contributed by atoms with Gasteiger partial charge < -0.3 is 4.90 Å².